The molecule has 0 amide bonds. The average Bonchev–Trinajstić information content (AvgIpc) is 2.10. The first-order valence-corrected chi connectivity index (χ1v) is 17.8. The van der Waals surface area contributed by atoms with Crippen LogP contribution in [0.2, 0.25) is 51.9 Å². The predicted molar refractivity (Wildman–Crippen MR) is 93.2 cm³/mol. The SMILES string of the molecule is C[Si](C)(C)O[Si](C)(C)O[Si](C)(C)O[SiH2]CCCCN. The molecule has 0 bridgehead atoms. The van der Waals surface area contributed by atoms with Crippen molar-refractivity contribution in [2.24, 2.45) is 5.73 Å². The maximum atomic E-state index is 6.29. The quantitative estimate of drug-likeness (QED) is 0.491. The van der Waals surface area contributed by atoms with Gasteiger partial charge in [-0.25, -0.2) is 0 Å². The molecule has 0 aromatic carbocycles. The highest BCUT2D eigenvalue weighted by atomic mass is 28.5. The van der Waals surface area contributed by atoms with Crippen LogP contribution in [0.25, 0.3) is 0 Å². The average molecular weight is 340 g/mol. The van der Waals surface area contributed by atoms with E-state index in [1.165, 1.54) is 12.5 Å². The fourth-order valence-corrected chi connectivity index (χ4v) is 17.2. The summed E-state index contributed by atoms with van der Waals surface area (Å²) < 4.78 is 18.6. The van der Waals surface area contributed by atoms with Crippen molar-refractivity contribution in [3.63, 3.8) is 0 Å². The fraction of sp³-hybridized carbons (Fsp3) is 1.00. The zero-order chi connectivity index (χ0) is 15.2. The van der Waals surface area contributed by atoms with Gasteiger partial charge in [0.05, 0.1) is 0 Å². The van der Waals surface area contributed by atoms with Crippen LogP contribution in [0.4, 0.5) is 0 Å². The first-order chi connectivity index (χ1) is 8.47. The van der Waals surface area contributed by atoms with Crippen molar-refractivity contribution in [2.75, 3.05) is 6.54 Å². The van der Waals surface area contributed by atoms with Gasteiger partial charge in [-0.15, -0.1) is 0 Å². The first kappa shape index (κ1) is 19.7. The van der Waals surface area contributed by atoms with Gasteiger partial charge in [-0.3, -0.25) is 0 Å². The number of hydrogen-bond donors (Lipinski definition) is 1. The van der Waals surface area contributed by atoms with Gasteiger partial charge in [0.25, 0.3) is 0 Å². The molecule has 2 N–H and O–H groups in total. The van der Waals surface area contributed by atoms with E-state index >= 15 is 0 Å². The number of hydrogen-bond acceptors (Lipinski definition) is 4. The highest BCUT2D eigenvalue weighted by Gasteiger charge is 2.38. The Morgan fingerprint density at radius 3 is 1.89 bits per heavy atom. The van der Waals surface area contributed by atoms with Crippen LogP contribution in [0, 0.1) is 0 Å². The second kappa shape index (κ2) is 8.22. The van der Waals surface area contributed by atoms with Crippen LogP contribution in [-0.4, -0.2) is 41.7 Å². The van der Waals surface area contributed by atoms with Gasteiger partial charge in [0, 0.05) is 0 Å². The molecule has 0 aliphatic heterocycles. The lowest BCUT2D eigenvalue weighted by atomic mass is 10.3. The lowest BCUT2D eigenvalue weighted by Crippen LogP contribution is -2.53. The molecule has 0 aromatic rings. The van der Waals surface area contributed by atoms with Gasteiger partial charge in [0.15, 0.2) is 8.32 Å². The van der Waals surface area contributed by atoms with E-state index in [1.54, 1.807) is 0 Å². The van der Waals surface area contributed by atoms with Crippen LogP contribution in [0.1, 0.15) is 12.8 Å². The Labute approximate surface area is 125 Å². The van der Waals surface area contributed by atoms with Crippen molar-refractivity contribution in [2.45, 2.75) is 64.7 Å². The molecular formula is C11H33NO3Si4. The molecule has 0 saturated heterocycles. The minimum absolute atomic E-state index is 0.465. The van der Waals surface area contributed by atoms with E-state index in [2.05, 4.69) is 45.8 Å². The van der Waals surface area contributed by atoms with E-state index in [0.29, 0.717) is 0 Å². The summed E-state index contributed by atoms with van der Waals surface area (Å²) in [6.07, 6.45) is 2.30. The Morgan fingerprint density at radius 2 is 1.42 bits per heavy atom. The monoisotopic (exact) mass is 339 g/mol. The zero-order valence-corrected chi connectivity index (χ0v) is 18.3. The van der Waals surface area contributed by atoms with Crippen molar-refractivity contribution in [3.05, 3.63) is 0 Å². The van der Waals surface area contributed by atoms with Crippen LogP contribution in [-0.2, 0) is 12.3 Å². The maximum Gasteiger partial charge on any atom is 0.312 e. The lowest BCUT2D eigenvalue weighted by Gasteiger charge is -2.37. The molecule has 0 unspecified atom stereocenters. The molecule has 0 aliphatic rings. The number of nitrogens with two attached hydrogens (primary N) is 1. The molecule has 0 radical (unpaired) electrons. The number of unbranched alkanes of at least 4 members (excludes halogenated alkanes) is 1. The highest BCUT2D eigenvalue weighted by Crippen LogP contribution is 2.20. The predicted octanol–water partition coefficient (Wildman–Crippen LogP) is 2.52. The van der Waals surface area contributed by atoms with Crippen LogP contribution in [0.5, 0.6) is 0 Å². The third kappa shape index (κ3) is 12.2. The van der Waals surface area contributed by atoms with Gasteiger partial charge in [-0.2, -0.15) is 0 Å². The van der Waals surface area contributed by atoms with E-state index in [1.807, 2.05) is 0 Å². The van der Waals surface area contributed by atoms with Gasteiger partial charge in [0.1, 0.15) is 9.76 Å². The normalized spacial score (nSPS) is 14.5. The molecule has 0 saturated carbocycles. The van der Waals surface area contributed by atoms with Crippen molar-refractivity contribution in [1.29, 1.82) is 0 Å². The van der Waals surface area contributed by atoms with Gasteiger partial charge in [0.2, 0.25) is 0 Å². The minimum atomic E-state index is -2.05. The van der Waals surface area contributed by atoms with Crippen LogP contribution in [0.3, 0.4) is 0 Å². The summed E-state index contributed by atoms with van der Waals surface area (Å²) in [6.45, 7) is 16.0. The van der Waals surface area contributed by atoms with Gasteiger partial charge in [-0.1, -0.05) is 6.42 Å². The molecule has 0 atom stereocenters. The van der Waals surface area contributed by atoms with E-state index in [0.717, 1.165) is 13.0 Å². The van der Waals surface area contributed by atoms with E-state index in [9.17, 15) is 0 Å². The molecule has 0 aliphatic carbocycles. The largest absolute Gasteiger partial charge is 0.442 e. The summed E-state index contributed by atoms with van der Waals surface area (Å²) in [5, 5.41) is 0. The summed E-state index contributed by atoms with van der Waals surface area (Å²) in [6, 6.07) is 1.20. The van der Waals surface area contributed by atoms with Crippen molar-refractivity contribution in [1.82, 2.24) is 0 Å². The molecule has 0 spiro atoms. The Kier molecular flexibility index (Phi) is 8.53. The topological polar surface area (TPSA) is 53.7 Å². The smallest absolute Gasteiger partial charge is 0.312 e. The Morgan fingerprint density at radius 1 is 0.842 bits per heavy atom. The Balaban J connectivity index is 4.12. The summed E-state index contributed by atoms with van der Waals surface area (Å²) in [7, 11) is -6.06. The molecular weight excluding hydrogens is 306 g/mol. The summed E-state index contributed by atoms with van der Waals surface area (Å²) >= 11 is 0. The van der Waals surface area contributed by atoms with Crippen molar-refractivity contribution in [3.8, 4) is 0 Å². The maximum absolute atomic E-state index is 6.29. The van der Waals surface area contributed by atoms with Crippen LogP contribution in [0.15, 0.2) is 0 Å². The van der Waals surface area contributed by atoms with Crippen molar-refractivity contribution < 1.29 is 12.3 Å². The minimum Gasteiger partial charge on any atom is -0.442 e. The second-order valence-electron chi connectivity index (χ2n) is 6.81. The molecule has 116 valence electrons. The number of rotatable bonds is 10. The second-order valence-corrected chi connectivity index (χ2v) is 20.5. The fourth-order valence-electron chi connectivity index (χ4n) is 2.12. The van der Waals surface area contributed by atoms with Crippen LogP contribution >= 0.6 is 0 Å². The van der Waals surface area contributed by atoms with Gasteiger partial charge in [-0.05, 0) is 64.8 Å². The Hall–Kier alpha value is 0.708. The molecule has 0 heterocycles. The Bertz CT molecular complexity index is 257. The third-order valence-electron chi connectivity index (χ3n) is 2.34. The highest BCUT2D eigenvalue weighted by molar-refractivity contribution is 6.86. The van der Waals surface area contributed by atoms with E-state index < -0.39 is 35.2 Å². The first-order valence-electron chi connectivity index (χ1n) is 7.22. The van der Waals surface area contributed by atoms with E-state index in [-0.39, 0.29) is 0 Å². The van der Waals surface area contributed by atoms with Crippen LogP contribution < -0.4 is 5.73 Å². The summed E-state index contributed by atoms with van der Waals surface area (Å²) in [5.41, 5.74) is 5.49. The van der Waals surface area contributed by atoms with Gasteiger partial charge >= 0.3 is 17.1 Å². The standard InChI is InChI=1S/C11H33NO3Si4/c1-17(2,3)14-19(6,7)15-18(4,5)13-16-11-9-8-10-12/h8-12,16H2,1-7H3. The molecule has 0 rings (SSSR count). The van der Waals surface area contributed by atoms with Gasteiger partial charge < -0.3 is 18.1 Å². The lowest BCUT2D eigenvalue weighted by molar-refractivity contribution is 0.338. The molecule has 8 heteroatoms. The zero-order valence-electron chi connectivity index (χ0n) is 13.8. The van der Waals surface area contributed by atoms with E-state index in [4.69, 9.17) is 18.1 Å². The van der Waals surface area contributed by atoms with Crippen molar-refractivity contribution >= 4 is 35.2 Å². The molecule has 19 heavy (non-hydrogen) atoms. The molecule has 0 aromatic heterocycles. The summed E-state index contributed by atoms with van der Waals surface area (Å²) in [5.74, 6) is 0. The summed E-state index contributed by atoms with van der Waals surface area (Å²) in [4.78, 5) is 0. The molecule has 4 nitrogen and oxygen atoms in total. The molecule has 0 fully saturated rings. The third-order valence-corrected chi connectivity index (χ3v) is 15.1.